The second-order valence-electron chi connectivity index (χ2n) is 10.1. The molecule has 0 bridgehead atoms. The minimum absolute atomic E-state index is 0.103. The fraction of sp³-hybridized carbons (Fsp3) is 0.219. The number of rotatable bonds is 9. The van der Waals surface area contributed by atoms with Crippen LogP contribution in [-0.4, -0.2) is 29.0 Å². The van der Waals surface area contributed by atoms with Crippen LogP contribution in [0.1, 0.15) is 43.2 Å². The molecule has 7 heteroatoms. The van der Waals surface area contributed by atoms with Gasteiger partial charge in [-0.25, -0.2) is 0 Å². The van der Waals surface area contributed by atoms with Gasteiger partial charge in [-0.2, -0.15) is 0 Å². The van der Waals surface area contributed by atoms with Gasteiger partial charge < -0.3 is 15.4 Å². The molecule has 1 heterocycles. The summed E-state index contributed by atoms with van der Waals surface area (Å²) in [7, 11) is 0. The summed E-state index contributed by atoms with van der Waals surface area (Å²) >= 11 is 6.00. The Bertz CT molecular complexity index is 1410. The molecule has 0 fully saturated rings. The van der Waals surface area contributed by atoms with Gasteiger partial charge in [0, 0.05) is 35.6 Å². The lowest BCUT2D eigenvalue weighted by Crippen LogP contribution is -2.30. The maximum Gasteiger partial charge on any atom is 0.308 e. The zero-order valence-electron chi connectivity index (χ0n) is 22.3. The molecule has 4 rings (SSSR count). The number of carbonyl (C=O) groups is 2. The van der Waals surface area contributed by atoms with Gasteiger partial charge in [0.05, 0.1) is 6.42 Å². The van der Waals surface area contributed by atoms with Crippen molar-refractivity contribution in [2.75, 3.05) is 11.9 Å². The molecular formula is C32H32ClN3O3. The Kier molecular flexibility index (Phi) is 8.99. The Morgan fingerprint density at radius 1 is 0.846 bits per heavy atom. The average Bonchev–Trinajstić information content (AvgIpc) is 2.92. The van der Waals surface area contributed by atoms with Crippen molar-refractivity contribution in [1.82, 2.24) is 10.3 Å². The third-order valence-corrected chi connectivity index (χ3v) is 6.16. The number of pyridine rings is 1. The molecular weight excluding hydrogens is 510 g/mol. The summed E-state index contributed by atoms with van der Waals surface area (Å²) < 4.78 is 5.26. The van der Waals surface area contributed by atoms with E-state index < -0.39 is 5.60 Å². The molecule has 4 aromatic rings. The smallest absolute Gasteiger partial charge is 0.308 e. The molecule has 39 heavy (non-hydrogen) atoms. The maximum atomic E-state index is 12.5. The third kappa shape index (κ3) is 8.16. The summed E-state index contributed by atoms with van der Waals surface area (Å²) in [5.74, 6) is -0.684. The number of aromatic nitrogens is 1. The quantitative estimate of drug-likeness (QED) is 0.220. The lowest BCUT2D eigenvalue weighted by atomic mass is 10.0. The SMILES string of the molecule is CC(C)(C)OC(=O)CCNC(=O)c1ccc(-c2ccccc2CNc2ccc(-c3ccc(Cl)cc3)cc2)cn1. The molecule has 1 amide bonds. The van der Waals surface area contributed by atoms with E-state index in [-0.39, 0.29) is 24.8 Å². The largest absolute Gasteiger partial charge is 0.460 e. The first kappa shape index (κ1) is 27.9. The van der Waals surface area contributed by atoms with Crippen LogP contribution < -0.4 is 10.6 Å². The van der Waals surface area contributed by atoms with E-state index in [1.807, 2.05) is 69.3 Å². The van der Waals surface area contributed by atoms with Crippen LogP contribution in [0.25, 0.3) is 22.3 Å². The Balaban J connectivity index is 1.35. The van der Waals surface area contributed by atoms with Gasteiger partial charge in [0.15, 0.2) is 0 Å². The van der Waals surface area contributed by atoms with Gasteiger partial charge in [-0.15, -0.1) is 0 Å². The van der Waals surface area contributed by atoms with Crippen LogP contribution in [-0.2, 0) is 16.1 Å². The molecule has 0 radical (unpaired) electrons. The van der Waals surface area contributed by atoms with Crippen molar-refractivity contribution in [3.05, 3.63) is 107 Å². The minimum Gasteiger partial charge on any atom is -0.460 e. The number of hydrogen-bond acceptors (Lipinski definition) is 5. The Labute approximate surface area is 234 Å². The van der Waals surface area contributed by atoms with Gasteiger partial charge in [-0.1, -0.05) is 66.2 Å². The van der Waals surface area contributed by atoms with E-state index in [0.29, 0.717) is 12.2 Å². The zero-order valence-corrected chi connectivity index (χ0v) is 23.1. The second-order valence-corrected chi connectivity index (χ2v) is 10.6. The summed E-state index contributed by atoms with van der Waals surface area (Å²) in [6, 6.07) is 27.8. The number of anilines is 1. The highest BCUT2D eigenvalue weighted by Gasteiger charge is 2.16. The van der Waals surface area contributed by atoms with E-state index >= 15 is 0 Å². The molecule has 6 nitrogen and oxygen atoms in total. The highest BCUT2D eigenvalue weighted by molar-refractivity contribution is 6.30. The van der Waals surface area contributed by atoms with Gasteiger partial charge in [-0.05, 0) is 73.4 Å². The number of ether oxygens (including phenoxy) is 1. The molecule has 3 aromatic carbocycles. The molecule has 0 unspecified atom stereocenters. The number of halogens is 1. The number of benzene rings is 3. The molecule has 0 aliphatic carbocycles. The Hall–Kier alpha value is -4.16. The molecule has 0 saturated heterocycles. The molecule has 1 aromatic heterocycles. The molecule has 0 aliphatic rings. The number of amides is 1. The van der Waals surface area contributed by atoms with E-state index in [0.717, 1.165) is 38.5 Å². The van der Waals surface area contributed by atoms with E-state index in [2.05, 4.69) is 45.9 Å². The van der Waals surface area contributed by atoms with Crippen molar-refractivity contribution in [2.45, 2.75) is 39.3 Å². The molecule has 0 spiro atoms. The fourth-order valence-corrected chi connectivity index (χ4v) is 4.15. The summed E-state index contributed by atoms with van der Waals surface area (Å²) in [4.78, 5) is 28.7. The van der Waals surface area contributed by atoms with Crippen LogP contribution in [0.4, 0.5) is 5.69 Å². The first-order chi connectivity index (χ1) is 18.7. The first-order valence-corrected chi connectivity index (χ1v) is 13.2. The van der Waals surface area contributed by atoms with Crippen LogP contribution in [0.5, 0.6) is 0 Å². The molecule has 0 saturated carbocycles. The van der Waals surface area contributed by atoms with Gasteiger partial charge in [-0.3, -0.25) is 14.6 Å². The van der Waals surface area contributed by atoms with Gasteiger partial charge in [0.2, 0.25) is 0 Å². The van der Waals surface area contributed by atoms with E-state index in [9.17, 15) is 9.59 Å². The van der Waals surface area contributed by atoms with Crippen LogP contribution in [0.2, 0.25) is 5.02 Å². The van der Waals surface area contributed by atoms with E-state index in [1.54, 1.807) is 12.3 Å². The molecule has 2 N–H and O–H groups in total. The Morgan fingerprint density at radius 3 is 2.13 bits per heavy atom. The van der Waals surface area contributed by atoms with Gasteiger partial charge >= 0.3 is 5.97 Å². The van der Waals surface area contributed by atoms with E-state index in [1.165, 1.54) is 0 Å². The van der Waals surface area contributed by atoms with Gasteiger partial charge in [0.1, 0.15) is 11.3 Å². The van der Waals surface area contributed by atoms with Crippen molar-refractivity contribution < 1.29 is 14.3 Å². The fourth-order valence-electron chi connectivity index (χ4n) is 4.02. The average molecular weight is 542 g/mol. The Morgan fingerprint density at radius 2 is 1.49 bits per heavy atom. The normalized spacial score (nSPS) is 11.1. The minimum atomic E-state index is -0.549. The maximum absolute atomic E-state index is 12.5. The topological polar surface area (TPSA) is 80.3 Å². The van der Waals surface area contributed by atoms with Crippen molar-refractivity contribution in [1.29, 1.82) is 0 Å². The van der Waals surface area contributed by atoms with Gasteiger partial charge in [0.25, 0.3) is 5.91 Å². The lowest BCUT2D eigenvalue weighted by Gasteiger charge is -2.19. The van der Waals surface area contributed by atoms with Crippen molar-refractivity contribution in [3.8, 4) is 22.3 Å². The number of esters is 1. The predicted octanol–water partition coefficient (Wildman–Crippen LogP) is 7.14. The molecule has 0 atom stereocenters. The summed E-state index contributed by atoms with van der Waals surface area (Å²) in [6.45, 7) is 6.24. The molecule has 200 valence electrons. The highest BCUT2D eigenvalue weighted by Crippen LogP contribution is 2.26. The highest BCUT2D eigenvalue weighted by atomic mass is 35.5. The number of nitrogens with one attached hydrogen (secondary N) is 2. The van der Waals surface area contributed by atoms with Crippen molar-refractivity contribution in [3.63, 3.8) is 0 Å². The lowest BCUT2D eigenvalue weighted by molar-refractivity contribution is -0.154. The van der Waals surface area contributed by atoms with E-state index in [4.69, 9.17) is 16.3 Å². The van der Waals surface area contributed by atoms with Crippen LogP contribution in [0, 0.1) is 0 Å². The predicted molar refractivity (Wildman–Crippen MR) is 157 cm³/mol. The van der Waals surface area contributed by atoms with Crippen molar-refractivity contribution in [2.24, 2.45) is 0 Å². The standard InChI is InChI=1S/C32H32ClN3O3/c1-32(2,3)39-30(37)18-19-34-31(38)29-17-12-25(21-36-29)28-7-5-4-6-24(28)20-35-27-15-10-23(11-16-27)22-8-13-26(33)14-9-22/h4-17,21,35H,18-20H2,1-3H3,(H,34,38). The molecule has 0 aliphatic heterocycles. The summed E-state index contributed by atoms with van der Waals surface area (Å²) in [6.07, 6.45) is 1.80. The summed E-state index contributed by atoms with van der Waals surface area (Å²) in [5.41, 5.74) is 6.05. The second kappa shape index (κ2) is 12.6. The number of hydrogen-bond donors (Lipinski definition) is 2. The number of nitrogens with zero attached hydrogens (tertiary/aromatic N) is 1. The number of carbonyl (C=O) groups excluding carboxylic acids is 2. The van der Waals surface area contributed by atoms with Crippen LogP contribution in [0.3, 0.4) is 0 Å². The monoisotopic (exact) mass is 541 g/mol. The van der Waals surface area contributed by atoms with Crippen molar-refractivity contribution >= 4 is 29.2 Å². The summed E-state index contributed by atoms with van der Waals surface area (Å²) in [5, 5.41) is 6.94. The van der Waals surface area contributed by atoms with Crippen LogP contribution >= 0.6 is 11.6 Å². The first-order valence-electron chi connectivity index (χ1n) is 12.8. The third-order valence-electron chi connectivity index (χ3n) is 5.90. The van der Waals surface area contributed by atoms with Crippen LogP contribution in [0.15, 0.2) is 91.1 Å². The zero-order chi connectivity index (χ0) is 27.8.